The molecule has 0 amide bonds. The number of carbonyl (C=O) groups is 1. The van der Waals surface area contributed by atoms with E-state index in [0.717, 1.165) is 11.8 Å². The predicted octanol–water partition coefficient (Wildman–Crippen LogP) is 2.11. The molecule has 0 aromatic carbocycles. The van der Waals surface area contributed by atoms with Crippen LogP contribution in [-0.4, -0.2) is 44.0 Å². The normalized spacial score (nSPS) is 10.2. The molecule has 0 aliphatic heterocycles. The lowest BCUT2D eigenvalue weighted by atomic mass is 10.1. The van der Waals surface area contributed by atoms with Gasteiger partial charge >= 0.3 is 5.97 Å². The molecule has 0 fully saturated rings. The first-order chi connectivity index (χ1) is 13.1. The Morgan fingerprint density at radius 2 is 1.93 bits per heavy atom. The molecule has 3 rings (SSSR count). The highest BCUT2D eigenvalue weighted by Crippen LogP contribution is 2.20. The highest BCUT2D eigenvalue weighted by atomic mass is 16.6. The summed E-state index contributed by atoms with van der Waals surface area (Å²) in [5, 5.41) is 13.5. The molecule has 27 heavy (non-hydrogen) atoms. The summed E-state index contributed by atoms with van der Waals surface area (Å²) in [6.07, 6.45) is 7.11. The maximum Gasteiger partial charge on any atom is 0.342 e. The van der Waals surface area contributed by atoms with Crippen molar-refractivity contribution in [3.63, 3.8) is 0 Å². The monoisotopic (exact) mass is 366 g/mol. The van der Waals surface area contributed by atoms with Crippen molar-refractivity contribution in [3.05, 3.63) is 71.1 Å². The maximum atomic E-state index is 12.3. The number of nitrogens with one attached hydrogen (secondary N) is 1. The standard InChI is InChI=1S/C17H14N6O4/c24-17(14-10-19-11-22-16(14)12-3-5-18-6-4-12)27-8-7-20-15-2-1-13(9-21-15)23(25)26/h1-6,9-11H,7-8H2,(H,20,21). The van der Waals surface area contributed by atoms with Crippen LogP contribution in [0.3, 0.4) is 0 Å². The minimum atomic E-state index is -0.555. The second-order valence-electron chi connectivity index (χ2n) is 5.24. The Morgan fingerprint density at radius 1 is 1.11 bits per heavy atom. The number of nitro groups is 1. The van der Waals surface area contributed by atoms with E-state index in [4.69, 9.17) is 4.74 Å². The molecule has 0 spiro atoms. The molecule has 0 radical (unpaired) electrons. The molecular formula is C17H14N6O4. The van der Waals surface area contributed by atoms with E-state index in [1.807, 2.05) is 0 Å². The van der Waals surface area contributed by atoms with Gasteiger partial charge in [0.1, 0.15) is 30.5 Å². The number of aromatic nitrogens is 4. The van der Waals surface area contributed by atoms with Crippen molar-refractivity contribution in [1.29, 1.82) is 0 Å². The fourth-order valence-electron chi connectivity index (χ4n) is 2.22. The molecule has 3 heterocycles. The largest absolute Gasteiger partial charge is 0.460 e. The molecule has 10 heteroatoms. The number of hydrogen-bond acceptors (Lipinski definition) is 9. The van der Waals surface area contributed by atoms with Crippen molar-refractivity contribution < 1.29 is 14.5 Å². The van der Waals surface area contributed by atoms with E-state index in [0.29, 0.717) is 11.5 Å². The molecule has 0 aliphatic carbocycles. The van der Waals surface area contributed by atoms with Gasteiger partial charge < -0.3 is 10.1 Å². The lowest BCUT2D eigenvalue weighted by Gasteiger charge is -2.09. The van der Waals surface area contributed by atoms with Crippen molar-refractivity contribution in [3.8, 4) is 11.3 Å². The van der Waals surface area contributed by atoms with Crippen molar-refractivity contribution in [2.24, 2.45) is 0 Å². The van der Waals surface area contributed by atoms with Gasteiger partial charge in [-0.15, -0.1) is 0 Å². The van der Waals surface area contributed by atoms with Crippen molar-refractivity contribution >= 4 is 17.5 Å². The van der Waals surface area contributed by atoms with E-state index in [9.17, 15) is 14.9 Å². The van der Waals surface area contributed by atoms with Gasteiger partial charge in [0.05, 0.1) is 17.2 Å². The number of hydrogen-bond donors (Lipinski definition) is 1. The Hall–Kier alpha value is -3.95. The molecule has 136 valence electrons. The Balaban J connectivity index is 1.56. The van der Waals surface area contributed by atoms with Crippen molar-refractivity contribution in [2.75, 3.05) is 18.5 Å². The van der Waals surface area contributed by atoms with Gasteiger partial charge in [0.25, 0.3) is 5.69 Å². The molecule has 0 saturated carbocycles. The second kappa shape index (κ2) is 8.43. The minimum Gasteiger partial charge on any atom is -0.460 e. The van der Waals surface area contributed by atoms with E-state index >= 15 is 0 Å². The molecule has 1 N–H and O–H groups in total. The van der Waals surface area contributed by atoms with Crippen LogP contribution >= 0.6 is 0 Å². The number of carbonyl (C=O) groups excluding carboxylic acids is 1. The van der Waals surface area contributed by atoms with Gasteiger partial charge in [-0.25, -0.2) is 19.7 Å². The number of esters is 1. The van der Waals surface area contributed by atoms with Crippen molar-refractivity contribution in [2.45, 2.75) is 0 Å². The lowest BCUT2D eigenvalue weighted by molar-refractivity contribution is -0.385. The lowest BCUT2D eigenvalue weighted by Crippen LogP contribution is -2.15. The first-order valence-corrected chi connectivity index (χ1v) is 7.87. The van der Waals surface area contributed by atoms with Gasteiger partial charge in [-0.2, -0.15) is 0 Å². The summed E-state index contributed by atoms with van der Waals surface area (Å²) >= 11 is 0. The van der Waals surface area contributed by atoms with E-state index in [1.165, 1.54) is 24.7 Å². The van der Waals surface area contributed by atoms with E-state index in [1.54, 1.807) is 24.5 Å². The highest BCUT2D eigenvalue weighted by Gasteiger charge is 2.15. The topological polar surface area (TPSA) is 133 Å². The molecule has 0 aliphatic rings. The van der Waals surface area contributed by atoms with Gasteiger partial charge in [-0.3, -0.25) is 15.1 Å². The van der Waals surface area contributed by atoms with Crippen LogP contribution in [0.25, 0.3) is 11.3 Å². The number of rotatable bonds is 7. The number of ether oxygens (including phenoxy) is 1. The summed E-state index contributed by atoms with van der Waals surface area (Å²) in [6, 6.07) is 6.29. The zero-order valence-corrected chi connectivity index (χ0v) is 14.0. The zero-order valence-electron chi connectivity index (χ0n) is 14.0. The van der Waals surface area contributed by atoms with E-state index in [2.05, 4.69) is 25.3 Å². The first-order valence-electron chi connectivity index (χ1n) is 7.87. The van der Waals surface area contributed by atoms with Gasteiger partial charge in [-0.05, 0) is 18.2 Å². The van der Waals surface area contributed by atoms with Gasteiger partial charge in [0.2, 0.25) is 0 Å². The number of nitrogens with zero attached hydrogens (tertiary/aromatic N) is 5. The minimum absolute atomic E-state index is 0.0716. The second-order valence-corrected chi connectivity index (χ2v) is 5.24. The molecule has 10 nitrogen and oxygen atoms in total. The number of anilines is 1. The summed E-state index contributed by atoms with van der Waals surface area (Å²) < 4.78 is 5.24. The average Bonchev–Trinajstić information content (AvgIpc) is 2.72. The van der Waals surface area contributed by atoms with Crippen LogP contribution in [0.1, 0.15) is 10.4 Å². The van der Waals surface area contributed by atoms with Crippen LogP contribution < -0.4 is 5.32 Å². The zero-order chi connectivity index (χ0) is 19.1. The summed E-state index contributed by atoms with van der Waals surface area (Å²) in [5.74, 6) is -0.113. The third-order valence-electron chi connectivity index (χ3n) is 3.49. The molecule has 0 atom stereocenters. The molecule has 3 aromatic heterocycles. The third kappa shape index (κ3) is 4.57. The Kier molecular flexibility index (Phi) is 5.57. The van der Waals surface area contributed by atoms with Crippen LogP contribution in [0.15, 0.2) is 55.4 Å². The van der Waals surface area contributed by atoms with E-state index < -0.39 is 10.9 Å². The summed E-state index contributed by atoms with van der Waals surface area (Å²) in [4.78, 5) is 38.3. The summed E-state index contributed by atoms with van der Waals surface area (Å²) in [5.41, 5.74) is 1.34. The SMILES string of the molecule is O=C(OCCNc1ccc([N+](=O)[O-])cn1)c1cncnc1-c1ccncc1. The molecular weight excluding hydrogens is 352 g/mol. The van der Waals surface area contributed by atoms with Gasteiger partial charge in [0, 0.05) is 30.2 Å². The Bertz CT molecular complexity index is 934. The molecule has 0 unspecified atom stereocenters. The predicted molar refractivity (Wildman–Crippen MR) is 94.9 cm³/mol. The van der Waals surface area contributed by atoms with Gasteiger partial charge in [-0.1, -0.05) is 0 Å². The molecule has 0 bridgehead atoms. The average molecular weight is 366 g/mol. The highest BCUT2D eigenvalue weighted by molar-refractivity contribution is 5.95. The van der Waals surface area contributed by atoms with Gasteiger partial charge in [0.15, 0.2) is 0 Å². The summed E-state index contributed by atoms with van der Waals surface area (Å²) in [7, 11) is 0. The van der Waals surface area contributed by atoms with Crippen LogP contribution in [0, 0.1) is 10.1 Å². The van der Waals surface area contributed by atoms with E-state index in [-0.39, 0.29) is 24.4 Å². The Morgan fingerprint density at radius 3 is 2.63 bits per heavy atom. The number of pyridine rings is 2. The van der Waals surface area contributed by atoms with Crippen LogP contribution in [0.2, 0.25) is 0 Å². The van der Waals surface area contributed by atoms with Crippen molar-refractivity contribution in [1.82, 2.24) is 19.9 Å². The first kappa shape index (κ1) is 17.9. The molecule has 3 aromatic rings. The smallest absolute Gasteiger partial charge is 0.342 e. The van der Waals surface area contributed by atoms with Crippen LogP contribution in [-0.2, 0) is 4.74 Å². The fraction of sp³-hybridized carbons (Fsp3) is 0.118. The quantitative estimate of drug-likeness (QED) is 0.289. The summed E-state index contributed by atoms with van der Waals surface area (Å²) in [6.45, 7) is 0.358. The Labute approximate surface area is 153 Å². The van der Waals surface area contributed by atoms with Crippen LogP contribution in [0.4, 0.5) is 11.5 Å². The van der Waals surface area contributed by atoms with Crippen LogP contribution in [0.5, 0.6) is 0 Å². The maximum absolute atomic E-state index is 12.3. The molecule has 0 saturated heterocycles. The third-order valence-corrected chi connectivity index (χ3v) is 3.49. The fourth-order valence-corrected chi connectivity index (χ4v) is 2.22.